The molecule has 1 unspecified atom stereocenters. The molecule has 1 amide bonds. The van der Waals surface area contributed by atoms with Crippen LogP contribution >= 0.6 is 0 Å². The maximum Gasteiger partial charge on any atom is 0.334 e. The third-order valence-electron chi connectivity index (χ3n) is 4.37. The number of carbonyl (C=O) groups excluding carboxylic acids is 2. The van der Waals surface area contributed by atoms with Gasteiger partial charge in [-0.05, 0) is 12.5 Å². The van der Waals surface area contributed by atoms with E-state index in [0.717, 1.165) is 5.56 Å². The van der Waals surface area contributed by atoms with Crippen molar-refractivity contribution < 1.29 is 38.7 Å². The van der Waals surface area contributed by atoms with Crippen molar-refractivity contribution >= 4 is 11.9 Å². The van der Waals surface area contributed by atoms with E-state index in [1.165, 1.54) is 21.0 Å². The monoisotopic (exact) mass is 397 g/mol. The summed E-state index contributed by atoms with van der Waals surface area (Å²) in [5.41, 5.74) is 0.875. The normalized spacial score (nSPS) is 28.4. The first kappa shape index (κ1) is 22.3. The summed E-state index contributed by atoms with van der Waals surface area (Å²) in [6.07, 6.45) is -5.40. The topological polar surface area (TPSA) is 124 Å². The van der Waals surface area contributed by atoms with E-state index in [0.29, 0.717) is 0 Å². The summed E-state index contributed by atoms with van der Waals surface area (Å²) in [6, 6.07) is 8.40. The Kier molecular flexibility index (Phi) is 8.34. The minimum Gasteiger partial charge on any atom is -0.467 e. The molecule has 0 radical (unpaired) electrons. The van der Waals surface area contributed by atoms with Crippen molar-refractivity contribution in [2.75, 3.05) is 13.7 Å². The Morgan fingerprint density at radius 3 is 2.54 bits per heavy atom. The predicted molar refractivity (Wildman–Crippen MR) is 96.9 cm³/mol. The summed E-state index contributed by atoms with van der Waals surface area (Å²) < 4.78 is 21.8. The molecule has 28 heavy (non-hydrogen) atoms. The van der Waals surface area contributed by atoms with Crippen LogP contribution in [0.2, 0.25) is 0 Å². The lowest BCUT2D eigenvalue weighted by atomic mass is 9.96. The number of methoxy groups -OCH3 is 1. The maximum atomic E-state index is 11.7. The number of nitrogens with one attached hydrogen (secondary N) is 1. The molecule has 1 aliphatic rings. The first-order valence-electron chi connectivity index (χ1n) is 8.97. The van der Waals surface area contributed by atoms with Gasteiger partial charge in [-0.3, -0.25) is 4.79 Å². The summed E-state index contributed by atoms with van der Waals surface area (Å²) in [5.74, 6) is -1.03. The van der Waals surface area contributed by atoms with E-state index >= 15 is 0 Å². The van der Waals surface area contributed by atoms with E-state index in [4.69, 9.17) is 14.2 Å². The smallest absolute Gasteiger partial charge is 0.334 e. The van der Waals surface area contributed by atoms with Crippen molar-refractivity contribution in [1.82, 2.24) is 5.32 Å². The molecule has 9 nitrogen and oxygen atoms in total. The fourth-order valence-electron chi connectivity index (χ4n) is 2.97. The molecule has 2 rings (SSSR count). The van der Waals surface area contributed by atoms with Crippen LogP contribution in [0.15, 0.2) is 30.3 Å². The first-order chi connectivity index (χ1) is 13.4. The van der Waals surface area contributed by atoms with Gasteiger partial charge >= 0.3 is 5.97 Å². The predicted octanol–water partition coefficient (Wildman–Crippen LogP) is -0.267. The number of benzene rings is 1. The number of aliphatic hydroxyl groups excluding tert-OH is 2. The van der Waals surface area contributed by atoms with Crippen LogP contribution < -0.4 is 5.32 Å². The van der Waals surface area contributed by atoms with Crippen molar-refractivity contribution in [3.8, 4) is 0 Å². The first-order valence-corrected chi connectivity index (χ1v) is 8.97. The number of esters is 1. The van der Waals surface area contributed by atoms with Crippen molar-refractivity contribution in [2.24, 2.45) is 0 Å². The van der Waals surface area contributed by atoms with Crippen molar-refractivity contribution in [3.63, 3.8) is 0 Å². The van der Waals surface area contributed by atoms with E-state index in [-0.39, 0.29) is 6.61 Å². The highest BCUT2D eigenvalue weighted by Gasteiger charge is 2.48. The minimum absolute atomic E-state index is 0.176. The molecule has 1 aromatic rings. The summed E-state index contributed by atoms with van der Waals surface area (Å²) in [6.45, 7) is 2.45. The van der Waals surface area contributed by atoms with Gasteiger partial charge in [0.05, 0.1) is 20.3 Å². The van der Waals surface area contributed by atoms with Gasteiger partial charge in [-0.1, -0.05) is 30.3 Å². The number of ether oxygens (including phenoxy) is 4. The molecule has 1 heterocycles. The molecule has 9 heteroatoms. The highest BCUT2D eigenvalue weighted by molar-refractivity contribution is 5.74. The molecule has 6 atom stereocenters. The largest absolute Gasteiger partial charge is 0.467 e. The van der Waals surface area contributed by atoms with Crippen LogP contribution in [0.4, 0.5) is 0 Å². The van der Waals surface area contributed by atoms with Gasteiger partial charge < -0.3 is 34.5 Å². The van der Waals surface area contributed by atoms with Crippen molar-refractivity contribution in [1.29, 1.82) is 0 Å². The lowest BCUT2D eigenvalue weighted by Gasteiger charge is -2.44. The molecule has 0 saturated carbocycles. The lowest BCUT2D eigenvalue weighted by Crippen LogP contribution is -2.66. The molecule has 1 aliphatic heterocycles. The van der Waals surface area contributed by atoms with Gasteiger partial charge in [0.2, 0.25) is 5.91 Å². The molecule has 1 fully saturated rings. The Balaban J connectivity index is 2.22. The third-order valence-corrected chi connectivity index (χ3v) is 4.37. The van der Waals surface area contributed by atoms with Crippen LogP contribution in [0.3, 0.4) is 0 Å². The number of carbonyl (C=O) groups is 2. The van der Waals surface area contributed by atoms with Gasteiger partial charge in [0.15, 0.2) is 12.4 Å². The van der Waals surface area contributed by atoms with Crippen LogP contribution in [0.1, 0.15) is 19.4 Å². The van der Waals surface area contributed by atoms with Crippen LogP contribution in [-0.4, -0.2) is 72.6 Å². The Hall–Kier alpha value is -2.04. The molecule has 1 aromatic carbocycles. The molecule has 0 bridgehead atoms. The van der Waals surface area contributed by atoms with Crippen LogP contribution in [0.25, 0.3) is 0 Å². The number of aliphatic hydroxyl groups is 2. The van der Waals surface area contributed by atoms with Crippen LogP contribution in [0, 0.1) is 0 Å². The van der Waals surface area contributed by atoms with Crippen molar-refractivity contribution in [3.05, 3.63) is 35.9 Å². The molecular weight excluding hydrogens is 370 g/mol. The summed E-state index contributed by atoms with van der Waals surface area (Å²) in [4.78, 5) is 23.4. The van der Waals surface area contributed by atoms with E-state index in [9.17, 15) is 19.8 Å². The fourth-order valence-corrected chi connectivity index (χ4v) is 2.97. The van der Waals surface area contributed by atoms with Crippen molar-refractivity contribution in [2.45, 2.75) is 57.2 Å². The Bertz CT molecular complexity index is 640. The average molecular weight is 397 g/mol. The van der Waals surface area contributed by atoms with Crippen LogP contribution in [-0.2, 0) is 35.1 Å². The standard InChI is InChI=1S/C19H27NO8/c1-11(18(24)25-3)27-17-15(20-12(2)22)19(28-14(9-21)16(17)23)26-10-13-7-5-4-6-8-13/h4-8,11,14-17,19,21,23H,9-10H2,1-3H3,(H,20,22)/t11?,14-,15-,16-,17-,19+/m1/s1. The van der Waals surface area contributed by atoms with Gasteiger partial charge in [0.1, 0.15) is 24.4 Å². The summed E-state index contributed by atoms with van der Waals surface area (Å²) in [7, 11) is 1.22. The molecule has 3 N–H and O–H groups in total. The van der Waals surface area contributed by atoms with Gasteiger partial charge in [-0.25, -0.2) is 4.79 Å². The fraction of sp³-hybridized carbons (Fsp3) is 0.579. The molecule has 0 aliphatic carbocycles. The average Bonchev–Trinajstić information content (AvgIpc) is 2.69. The molecule has 0 aromatic heterocycles. The third kappa shape index (κ3) is 5.73. The number of amides is 1. The Labute approximate surface area is 163 Å². The SMILES string of the molecule is COC(=O)C(C)O[C@H]1[C@H](O)[C@@H](CO)O[C@H](OCc2ccccc2)[C@@H]1NC(C)=O. The molecular formula is C19H27NO8. The summed E-state index contributed by atoms with van der Waals surface area (Å²) in [5, 5.41) is 22.8. The lowest BCUT2D eigenvalue weighted by molar-refractivity contribution is -0.284. The zero-order valence-corrected chi connectivity index (χ0v) is 16.1. The zero-order valence-electron chi connectivity index (χ0n) is 16.1. The van der Waals surface area contributed by atoms with Gasteiger partial charge in [-0.15, -0.1) is 0 Å². The molecule has 0 spiro atoms. The second-order valence-electron chi connectivity index (χ2n) is 6.51. The van der Waals surface area contributed by atoms with Gasteiger partial charge in [0, 0.05) is 6.92 Å². The second-order valence-corrected chi connectivity index (χ2v) is 6.51. The zero-order chi connectivity index (χ0) is 20.7. The molecule has 156 valence electrons. The second kappa shape index (κ2) is 10.5. The quantitative estimate of drug-likeness (QED) is 0.513. The van der Waals surface area contributed by atoms with Gasteiger partial charge in [0.25, 0.3) is 0 Å². The maximum absolute atomic E-state index is 11.7. The van der Waals surface area contributed by atoms with Crippen LogP contribution in [0.5, 0.6) is 0 Å². The van der Waals surface area contributed by atoms with E-state index in [1.807, 2.05) is 30.3 Å². The van der Waals surface area contributed by atoms with E-state index in [1.54, 1.807) is 0 Å². The minimum atomic E-state index is -1.30. The Morgan fingerprint density at radius 1 is 1.29 bits per heavy atom. The highest BCUT2D eigenvalue weighted by Crippen LogP contribution is 2.26. The molecule has 1 saturated heterocycles. The van der Waals surface area contributed by atoms with Gasteiger partial charge in [-0.2, -0.15) is 0 Å². The number of hydrogen-bond acceptors (Lipinski definition) is 8. The summed E-state index contributed by atoms with van der Waals surface area (Å²) >= 11 is 0. The number of hydrogen-bond donors (Lipinski definition) is 3. The number of rotatable bonds is 8. The van der Waals surface area contributed by atoms with E-state index in [2.05, 4.69) is 10.1 Å². The Morgan fingerprint density at radius 2 is 1.96 bits per heavy atom. The van der Waals surface area contributed by atoms with E-state index < -0.39 is 55.2 Å². The highest BCUT2D eigenvalue weighted by atomic mass is 16.7.